The van der Waals surface area contributed by atoms with E-state index in [1.54, 1.807) is 12.1 Å². The van der Waals surface area contributed by atoms with Gasteiger partial charge in [0.15, 0.2) is 0 Å². The third-order valence-corrected chi connectivity index (χ3v) is 3.75. The van der Waals surface area contributed by atoms with Crippen LogP contribution >= 0.6 is 0 Å². The van der Waals surface area contributed by atoms with Gasteiger partial charge in [0.25, 0.3) is 0 Å². The Labute approximate surface area is 162 Å². The lowest BCUT2D eigenvalue weighted by molar-refractivity contribution is -0.157. The van der Waals surface area contributed by atoms with E-state index in [0.717, 1.165) is 11.1 Å². The van der Waals surface area contributed by atoms with Gasteiger partial charge in [-0.15, -0.1) is 0 Å². The highest BCUT2D eigenvalue weighted by atomic mass is 16.5. The fourth-order valence-electron chi connectivity index (χ4n) is 2.49. The minimum absolute atomic E-state index is 0.0397. The van der Waals surface area contributed by atoms with Crippen molar-refractivity contribution in [1.29, 1.82) is 0 Å². The van der Waals surface area contributed by atoms with E-state index >= 15 is 0 Å². The van der Waals surface area contributed by atoms with Gasteiger partial charge >= 0.3 is 23.8 Å². The van der Waals surface area contributed by atoms with Crippen LogP contribution < -0.4 is 4.90 Å². The smallest absolute Gasteiger partial charge is 0.397 e. The van der Waals surface area contributed by atoms with Crippen LogP contribution in [0.1, 0.15) is 25.0 Å². The molecular formula is C21H21NO6. The largest absolute Gasteiger partial charge is 0.459 e. The summed E-state index contributed by atoms with van der Waals surface area (Å²) in [6.45, 7) is 2.98. The van der Waals surface area contributed by atoms with Gasteiger partial charge in [0.05, 0.1) is 18.9 Å². The number of benzene rings is 2. The summed E-state index contributed by atoms with van der Waals surface area (Å²) in [7, 11) is 0. The number of imide groups is 1. The molecule has 7 nitrogen and oxygen atoms in total. The SMILES string of the molecule is CCOC(=O)C(=O)N(C(=O)C(=O)OCC)c1ccc(Cc2ccccc2)cc1. The summed E-state index contributed by atoms with van der Waals surface area (Å²) in [4.78, 5) is 48.9. The van der Waals surface area contributed by atoms with Gasteiger partial charge in [-0.1, -0.05) is 42.5 Å². The molecule has 0 saturated carbocycles. The molecule has 146 valence electrons. The van der Waals surface area contributed by atoms with Crippen molar-refractivity contribution >= 4 is 29.4 Å². The zero-order valence-corrected chi connectivity index (χ0v) is 15.7. The van der Waals surface area contributed by atoms with Crippen LogP contribution in [-0.2, 0) is 35.1 Å². The van der Waals surface area contributed by atoms with E-state index in [9.17, 15) is 19.2 Å². The molecule has 0 atom stereocenters. The van der Waals surface area contributed by atoms with Crippen molar-refractivity contribution in [2.45, 2.75) is 20.3 Å². The molecule has 0 heterocycles. The van der Waals surface area contributed by atoms with Gasteiger partial charge < -0.3 is 9.47 Å². The Morgan fingerprint density at radius 2 is 1.18 bits per heavy atom. The van der Waals surface area contributed by atoms with Gasteiger partial charge in [0.1, 0.15) is 0 Å². The van der Waals surface area contributed by atoms with Crippen molar-refractivity contribution in [1.82, 2.24) is 0 Å². The highest BCUT2D eigenvalue weighted by Crippen LogP contribution is 2.19. The number of esters is 2. The first kappa shape index (κ1) is 20.8. The van der Waals surface area contributed by atoms with Crippen LogP contribution in [0.5, 0.6) is 0 Å². The molecule has 28 heavy (non-hydrogen) atoms. The molecule has 0 spiro atoms. The van der Waals surface area contributed by atoms with Crippen LogP contribution in [0, 0.1) is 0 Å². The fourth-order valence-corrected chi connectivity index (χ4v) is 2.49. The molecule has 2 aromatic rings. The molecule has 0 aromatic heterocycles. The Bertz CT molecular complexity index is 815. The van der Waals surface area contributed by atoms with Gasteiger partial charge in [-0.3, -0.25) is 9.59 Å². The molecule has 2 amide bonds. The molecule has 0 unspecified atom stereocenters. The summed E-state index contributed by atoms with van der Waals surface area (Å²) in [6.07, 6.45) is 0.652. The minimum atomic E-state index is -1.25. The normalized spacial score (nSPS) is 10.1. The van der Waals surface area contributed by atoms with Crippen molar-refractivity contribution in [2.24, 2.45) is 0 Å². The number of anilines is 1. The lowest BCUT2D eigenvalue weighted by Crippen LogP contribution is -2.46. The first-order chi connectivity index (χ1) is 13.5. The molecular weight excluding hydrogens is 362 g/mol. The molecule has 0 N–H and O–H groups in total. The maximum Gasteiger partial charge on any atom is 0.397 e. The molecule has 2 aromatic carbocycles. The van der Waals surface area contributed by atoms with E-state index in [0.29, 0.717) is 11.3 Å². The van der Waals surface area contributed by atoms with Gasteiger partial charge in [-0.2, -0.15) is 0 Å². The van der Waals surface area contributed by atoms with Gasteiger partial charge in [0.2, 0.25) is 0 Å². The molecule has 0 fully saturated rings. The number of amides is 2. The van der Waals surface area contributed by atoms with Crippen LogP contribution in [-0.4, -0.2) is 37.0 Å². The van der Waals surface area contributed by atoms with Crippen molar-refractivity contribution in [3.63, 3.8) is 0 Å². The van der Waals surface area contributed by atoms with E-state index in [-0.39, 0.29) is 18.9 Å². The van der Waals surface area contributed by atoms with E-state index in [1.165, 1.54) is 26.0 Å². The fraction of sp³-hybridized carbons (Fsp3) is 0.238. The average molecular weight is 383 g/mol. The first-order valence-corrected chi connectivity index (χ1v) is 8.83. The van der Waals surface area contributed by atoms with E-state index in [2.05, 4.69) is 9.47 Å². The number of carbonyl (C=O) groups is 4. The van der Waals surface area contributed by atoms with Crippen LogP contribution in [0.3, 0.4) is 0 Å². The summed E-state index contributed by atoms with van der Waals surface area (Å²) >= 11 is 0. The average Bonchev–Trinajstić information content (AvgIpc) is 2.70. The molecule has 0 radical (unpaired) electrons. The lowest BCUT2D eigenvalue weighted by Gasteiger charge is -2.19. The van der Waals surface area contributed by atoms with Crippen LogP contribution in [0.4, 0.5) is 5.69 Å². The summed E-state index contributed by atoms with van der Waals surface area (Å²) in [5.41, 5.74) is 2.10. The Balaban J connectivity index is 2.29. The first-order valence-electron chi connectivity index (χ1n) is 8.83. The summed E-state index contributed by atoms with van der Waals surface area (Å²) in [6, 6.07) is 16.2. The summed E-state index contributed by atoms with van der Waals surface area (Å²) < 4.78 is 9.33. The van der Waals surface area contributed by atoms with E-state index in [4.69, 9.17) is 0 Å². The number of carbonyl (C=O) groups excluding carboxylic acids is 4. The third kappa shape index (κ3) is 5.26. The molecule has 0 aliphatic heterocycles. The topological polar surface area (TPSA) is 90.0 Å². The monoisotopic (exact) mass is 383 g/mol. The predicted octanol–water partition coefficient (Wildman–Crippen LogP) is 2.26. The second-order valence-corrected chi connectivity index (χ2v) is 5.72. The van der Waals surface area contributed by atoms with Crippen LogP contribution in [0.2, 0.25) is 0 Å². The number of rotatable bonds is 5. The summed E-state index contributed by atoms with van der Waals surface area (Å²) in [5.74, 6) is -4.96. The van der Waals surface area contributed by atoms with Crippen molar-refractivity contribution in [3.8, 4) is 0 Å². The third-order valence-electron chi connectivity index (χ3n) is 3.75. The summed E-state index contributed by atoms with van der Waals surface area (Å²) in [5, 5.41) is 0. The number of hydrogen-bond donors (Lipinski definition) is 0. The Kier molecular flexibility index (Phi) is 7.45. The molecule has 0 aliphatic carbocycles. The molecule has 2 rings (SSSR count). The predicted molar refractivity (Wildman–Crippen MR) is 101 cm³/mol. The van der Waals surface area contributed by atoms with Gasteiger partial charge in [0, 0.05) is 0 Å². The second-order valence-electron chi connectivity index (χ2n) is 5.72. The molecule has 7 heteroatoms. The highest BCUT2D eigenvalue weighted by Gasteiger charge is 2.35. The van der Waals surface area contributed by atoms with Crippen LogP contribution in [0.25, 0.3) is 0 Å². The quantitative estimate of drug-likeness (QED) is 0.581. The highest BCUT2D eigenvalue weighted by molar-refractivity contribution is 6.52. The second kappa shape index (κ2) is 10.0. The molecule has 0 bridgehead atoms. The van der Waals surface area contributed by atoms with Crippen LogP contribution in [0.15, 0.2) is 54.6 Å². The molecule has 0 saturated heterocycles. The lowest BCUT2D eigenvalue weighted by atomic mass is 10.0. The standard InChI is InChI=1S/C21H21NO6/c1-3-27-20(25)18(23)22(19(24)21(26)28-4-2)17-12-10-16(11-13-17)14-15-8-6-5-7-9-15/h5-13H,3-4,14H2,1-2H3. The number of hydrogen-bond acceptors (Lipinski definition) is 6. The number of nitrogens with zero attached hydrogens (tertiary/aromatic N) is 1. The zero-order chi connectivity index (χ0) is 20.5. The van der Waals surface area contributed by atoms with Gasteiger partial charge in [-0.05, 0) is 43.5 Å². The van der Waals surface area contributed by atoms with Crippen molar-refractivity contribution in [3.05, 3.63) is 65.7 Å². The van der Waals surface area contributed by atoms with Crippen molar-refractivity contribution in [2.75, 3.05) is 18.1 Å². The Morgan fingerprint density at radius 3 is 1.64 bits per heavy atom. The Morgan fingerprint density at radius 1 is 0.714 bits per heavy atom. The van der Waals surface area contributed by atoms with E-state index in [1.807, 2.05) is 30.3 Å². The molecule has 0 aliphatic rings. The maximum absolute atomic E-state index is 12.4. The number of ether oxygens (including phenoxy) is 2. The van der Waals surface area contributed by atoms with Crippen molar-refractivity contribution < 1.29 is 28.7 Å². The van der Waals surface area contributed by atoms with E-state index < -0.39 is 23.8 Å². The minimum Gasteiger partial charge on any atom is -0.459 e. The maximum atomic E-state index is 12.4. The Hall–Kier alpha value is -3.48. The van der Waals surface area contributed by atoms with Gasteiger partial charge in [-0.25, -0.2) is 14.5 Å². The zero-order valence-electron chi connectivity index (χ0n) is 15.7.